The highest BCUT2D eigenvalue weighted by Crippen LogP contribution is 2.36. The van der Waals surface area contributed by atoms with Gasteiger partial charge in [-0.05, 0) is 20.8 Å². The first kappa shape index (κ1) is 24.5. The minimum absolute atomic E-state index is 0.109. The Morgan fingerprint density at radius 2 is 2.06 bits per heavy atom. The molecule has 0 aromatic carbocycles. The number of esters is 2. The van der Waals surface area contributed by atoms with Crippen molar-refractivity contribution < 1.29 is 33.5 Å². The predicted molar refractivity (Wildman–Crippen MR) is 120 cm³/mol. The number of anilines is 1. The van der Waals surface area contributed by atoms with Gasteiger partial charge in [-0.2, -0.15) is 0 Å². The molecule has 2 aliphatic rings. The van der Waals surface area contributed by atoms with E-state index in [1.54, 1.807) is 26.2 Å². The number of thiazole rings is 1. The number of amides is 2. The third-order valence-corrected chi connectivity index (χ3v) is 6.48. The van der Waals surface area contributed by atoms with E-state index in [-0.39, 0.29) is 27.9 Å². The molecule has 12 nitrogen and oxygen atoms in total. The normalized spacial score (nSPS) is 20.2. The fourth-order valence-corrected chi connectivity index (χ4v) is 4.57. The molecule has 1 unspecified atom stereocenters. The molecule has 1 fully saturated rings. The fourth-order valence-electron chi connectivity index (χ4n) is 2.77. The van der Waals surface area contributed by atoms with Gasteiger partial charge in [-0.25, -0.2) is 9.78 Å². The Kier molecular flexibility index (Phi) is 7.27. The zero-order chi connectivity index (χ0) is 24.3. The SMILES string of the molecule is CON=C(C(=O)NC1C(=O)N2C=C(C(=O)OCOC(=O)C(C)(C)C)CS[C@H]12)c1csc(N)n1. The summed E-state index contributed by atoms with van der Waals surface area (Å²) in [6.45, 7) is 4.52. The quantitative estimate of drug-likeness (QED) is 0.178. The summed E-state index contributed by atoms with van der Waals surface area (Å²) in [6.07, 6.45) is 1.38. The van der Waals surface area contributed by atoms with Crippen molar-refractivity contribution in [2.75, 3.05) is 25.4 Å². The van der Waals surface area contributed by atoms with Crippen LogP contribution < -0.4 is 11.1 Å². The standard InChI is InChI=1S/C19H23N5O7S2/c1-19(2,3)17(28)31-8-30-16(27)9-5-24-14(26)12(15(24)32-6-9)22-13(25)11(23-29-4)10-7-33-18(20)21-10/h5,7,12,15H,6,8H2,1-4H3,(H2,20,21)(H,22,25)/t12?,15-/m1/s1. The van der Waals surface area contributed by atoms with E-state index in [9.17, 15) is 19.2 Å². The third kappa shape index (κ3) is 5.45. The Morgan fingerprint density at radius 3 is 2.67 bits per heavy atom. The maximum atomic E-state index is 12.7. The largest absolute Gasteiger partial charge is 0.427 e. The number of carbonyl (C=O) groups is 4. The van der Waals surface area contributed by atoms with E-state index in [2.05, 4.69) is 15.5 Å². The van der Waals surface area contributed by atoms with E-state index in [1.807, 2.05) is 0 Å². The summed E-state index contributed by atoms with van der Waals surface area (Å²) < 4.78 is 9.89. The Hall–Kier alpha value is -3.13. The molecule has 3 rings (SSSR count). The van der Waals surface area contributed by atoms with Crippen molar-refractivity contribution in [1.82, 2.24) is 15.2 Å². The van der Waals surface area contributed by atoms with Crippen molar-refractivity contribution >= 4 is 57.7 Å². The van der Waals surface area contributed by atoms with Crippen molar-refractivity contribution in [2.45, 2.75) is 32.2 Å². The lowest BCUT2D eigenvalue weighted by Gasteiger charge is -2.47. The number of rotatable bonds is 7. The number of carbonyl (C=O) groups excluding carboxylic acids is 4. The van der Waals surface area contributed by atoms with Gasteiger partial charge in [-0.3, -0.25) is 14.4 Å². The first-order chi connectivity index (χ1) is 15.5. The van der Waals surface area contributed by atoms with Crippen LogP contribution in [-0.4, -0.2) is 70.4 Å². The van der Waals surface area contributed by atoms with Crippen LogP contribution in [0.4, 0.5) is 5.13 Å². The van der Waals surface area contributed by atoms with Crippen LogP contribution in [0.5, 0.6) is 0 Å². The van der Waals surface area contributed by atoms with Crippen molar-refractivity contribution in [2.24, 2.45) is 10.6 Å². The molecule has 0 bridgehead atoms. The molecule has 0 spiro atoms. The number of nitrogens with one attached hydrogen (secondary N) is 1. The van der Waals surface area contributed by atoms with Gasteiger partial charge in [-0.1, -0.05) is 5.16 Å². The maximum absolute atomic E-state index is 12.7. The van der Waals surface area contributed by atoms with Gasteiger partial charge in [0.2, 0.25) is 6.79 Å². The van der Waals surface area contributed by atoms with Crippen LogP contribution in [-0.2, 0) is 33.5 Å². The number of ether oxygens (including phenoxy) is 2. The summed E-state index contributed by atoms with van der Waals surface area (Å²) in [6, 6.07) is -0.818. The number of β-lactam (4-membered cyclic amide) rings is 1. The molecule has 14 heteroatoms. The van der Waals surface area contributed by atoms with Gasteiger partial charge in [0.05, 0.1) is 11.0 Å². The molecule has 178 valence electrons. The number of oxime groups is 1. The summed E-state index contributed by atoms with van der Waals surface area (Å²) in [5.74, 6) is -2.00. The summed E-state index contributed by atoms with van der Waals surface area (Å²) in [5.41, 5.74) is 5.25. The molecule has 0 saturated carbocycles. The van der Waals surface area contributed by atoms with Crippen molar-refractivity contribution in [1.29, 1.82) is 0 Å². The maximum Gasteiger partial charge on any atom is 0.339 e. The van der Waals surface area contributed by atoms with Crippen molar-refractivity contribution in [3.63, 3.8) is 0 Å². The summed E-state index contributed by atoms with van der Waals surface area (Å²) in [5, 5.41) is 7.72. The Balaban J connectivity index is 1.57. The first-order valence-corrected chi connectivity index (χ1v) is 11.6. The molecule has 1 aromatic heterocycles. The molecule has 2 atom stereocenters. The molecule has 3 heterocycles. The summed E-state index contributed by atoms with van der Waals surface area (Å²) in [7, 11) is 1.28. The number of thioether (sulfide) groups is 1. The molecule has 0 aliphatic carbocycles. The monoisotopic (exact) mass is 497 g/mol. The van der Waals surface area contributed by atoms with Gasteiger partial charge in [0.15, 0.2) is 10.8 Å². The first-order valence-electron chi connectivity index (χ1n) is 9.65. The number of nitrogen functional groups attached to an aromatic ring is 1. The third-order valence-electron chi connectivity index (χ3n) is 4.49. The van der Waals surface area contributed by atoms with E-state index >= 15 is 0 Å². The topological polar surface area (TPSA) is 163 Å². The van der Waals surface area contributed by atoms with Crippen LogP contribution in [0.2, 0.25) is 0 Å². The average molecular weight is 498 g/mol. The molecular weight excluding hydrogens is 474 g/mol. The molecular formula is C19H23N5O7S2. The molecule has 33 heavy (non-hydrogen) atoms. The molecule has 0 radical (unpaired) electrons. The van der Waals surface area contributed by atoms with Crippen LogP contribution in [0.3, 0.4) is 0 Å². The van der Waals surface area contributed by atoms with Gasteiger partial charge in [0, 0.05) is 17.3 Å². The van der Waals surface area contributed by atoms with Gasteiger partial charge >= 0.3 is 11.9 Å². The Labute approximate surface area is 197 Å². The van der Waals surface area contributed by atoms with Crippen LogP contribution in [0.25, 0.3) is 0 Å². The second kappa shape index (κ2) is 9.79. The zero-order valence-electron chi connectivity index (χ0n) is 18.3. The van der Waals surface area contributed by atoms with Crippen LogP contribution in [0.15, 0.2) is 22.3 Å². The molecule has 3 N–H and O–H groups in total. The number of fused-ring (bicyclic) bond motifs is 1. The molecule has 2 aliphatic heterocycles. The van der Waals surface area contributed by atoms with E-state index < -0.39 is 47.4 Å². The number of nitrogens with zero attached hydrogens (tertiary/aromatic N) is 3. The highest BCUT2D eigenvalue weighted by atomic mass is 32.2. The highest BCUT2D eigenvalue weighted by molar-refractivity contribution is 8.00. The van der Waals surface area contributed by atoms with Gasteiger partial charge in [0.1, 0.15) is 24.2 Å². The number of hydrogen-bond donors (Lipinski definition) is 2. The van der Waals surface area contributed by atoms with E-state index in [0.29, 0.717) is 0 Å². The van der Waals surface area contributed by atoms with Gasteiger partial charge in [-0.15, -0.1) is 23.1 Å². The van der Waals surface area contributed by atoms with Crippen LogP contribution >= 0.6 is 23.1 Å². The lowest BCUT2D eigenvalue weighted by molar-refractivity contribution is -0.171. The molecule has 1 aromatic rings. The summed E-state index contributed by atoms with van der Waals surface area (Å²) >= 11 is 2.42. The van der Waals surface area contributed by atoms with E-state index in [0.717, 1.165) is 11.3 Å². The second-order valence-corrected chi connectivity index (χ2v) is 9.97. The molecule has 1 saturated heterocycles. The minimum Gasteiger partial charge on any atom is -0.427 e. The van der Waals surface area contributed by atoms with E-state index in [4.69, 9.17) is 20.0 Å². The van der Waals surface area contributed by atoms with E-state index in [1.165, 1.54) is 30.0 Å². The lowest BCUT2D eigenvalue weighted by Crippen LogP contribution is -2.69. The summed E-state index contributed by atoms with van der Waals surface area (Å²) in [4.78, 5) is 59.3. The number of hydrogen-bond acceptors (Lipinski definition) is 12. The predicted octanol–water partition coefficient (Wildman–Crippen LogP) is 0.450. The smallest absolute Gasteiger partial charge is 0.339 e. The number of nitrogens with two attached hydrogens (primary N) is 1. The van der Waals surface area contributed by atoms with Gasteiger partial charge < -0.3 is 30.3 Å². The lowest BCUT2D eigenvalue weighted by atomic mass is 9.98. The number of aromatic nitrogens is 1. The van der Waals surface area contributed by atoms with Crippen molar-refractivity contribution in [3.8, 4) is 0 Å². The van der Waals surface area contributed by atoms with Crippen LogP contribution in [0.1, 0.15) is 26.5 Å². The van der Waals surface area contributed by atoms with Gasteiger partial charge in [0.25, 0.3) is 11.8 Å². The Morgan fingerprint density at radius 1 is 1.33 bits per heavy atom. The van der Waals surface area contributed by atoms with Crippen molar-refractivity contribution in [3.05, 3.63) is 22.8 Å². The fraction of sp³-hybridized carbons (Fsp3) is 0.474. The Bertz CT molecular complexity index is 1030. The van der Waals surface area contributed by atoms with Crippen LogP contribution in [0, 0.1) is 5.41 Å². The zero-order valence-corrected chi connectivity index (χ0v) is 19.9. The highest BCUT2D eigenvalue weighted by Gasteiger charge is 2.50. The minimum atomic E-state index is -0.818. The molecule has 2 amide bonds. The average Bonchev–Trinajstić information content (AvgIpc) is 3.19. The second-order valence-electron chi connectivity index (χ2n) is 7.98.